The van der Waals surface area contributed by atoms with Crippen molar-refractivity contribution in [3.63, 3.8) is 0 Å². The molecule has 1 aliphatic rings. The number of nitrogens with one attached hydrogen (secondary N) is 1. The Kier molecular flexibility index (Phi) is 6.16. The van der Waals surface area contributed by atoms with Gasteiger partial charge in [-0.1, -0.05) is 47.9 Å². The van der Waals surface area contributed by atoms with Crippen LogP contribution in [0.1, 0.15) is 19.4 Å². The van der Waals surface area contributed by atoms with Crippen LogP contribution in [0.4, 0.5) is 0 Å². The van der Waals surface area contributed by atoms with E-state index in [9.17, 15) is 4.79 Å². The summed E-state index contributed by atoms with van der Waals surface area (Å²) in [7, 11) is 0. The molecule has 4 rings (SSSR count). The van der Waals surface area contributed by atoms with Crippen molar-refractivity contribution in [2.45, 2.75) is 30.2 Å². The second kappa shape index (κ2) is 8.99. The average Bonchev–Trinajstić information content (AvgIpc) is 3.28. The Morgan fingerprint density at radius 3 is 3.00 bits per heavy atom. The van der Waals surface area contributed by atoms with Crippen LogP contribution in [0.15, 0.2) is 46.8 Å². The molecule has 30 heavy (non-hydrogen) atoms. The number of rotatable bonds is 6. The highest BCUT2D eigenvalue weighted by atomic mass is 32.2. The fourth-order valence-corrected chi connectivity index (χ4v) is 5.06. The second-order valence-electron chi connectivity index (χ2n) is 7.44. The third kappa shape index (κ3) is 5.07. The molecular weight excluding hydrogens is 416 g/mol. The summed E-state index contributed by atoms with van der Waals surface area (Å²) < 4.78 is 13.8. The largest absolute Gasteiger partial charge is 0.483 e. The Bertz CT molecular complexity index is 1100. The third-order valence-electron chi connectivity index (χ3n) is 4.45. The summed E-state index contributed by atoms with van der Waals surface area (Å²) in [5, 5.41) is 2.80. The summed E-state index contributed by atoms with van der Waals surface area (Å²) in [6, 6.07) is 13.9. The highest BCUT2D eigenvalue weighted by Gasteiger charge is 2.32. The van der Waals surface area contributed by atoms with Crippen LogP contribution in [0.3, 0.4) is 0 Å². The molecule has 0 aliphatic carbocycles. The topological polar surface area (TPSA) is 60.5 Å². The van der Waals surface area contributed by atoms with Crippen molar-refractivity contribution in [3.8, 4) is 23.3 Å². The molecule has 154 valence electrons. The standard InChI is InChI=1S/C23H22N2O3S2/c1-23(2)14-16-8-7-10-18(21(16)28-23)27-13-6-5-12-24-20(26)15-29-22-25-17-9-3-4-11-19(17)30-22/h3-4,7-11H,12-15H2,1-2H3,(H,24,26). The number of thiazole rings is 1. The first-order valence-corrected chi connectivity index (χ1v) is 11.4. The van der Waals surface area contributed by atoms with Crippen LogP contribution in [-0.4, -0.2) is 35.4 Å². The number of hydrogen-bond donors (Lipinski definition) is 1. The van der Waals surface area contributed by atoms with E-state index in [1.54, 1.807) is 11.3 Å². The Balaban J connectivity index is 1.19. The van der Waals surface area contributed by atoms with E-state index in [1.807, 2.05) is 36.4 Å². The number of ether oxygens (including phenoxy) is 2. The van der Waals surface area contributed by atoms with Crippen molar-refractivity contribution in [1.82, 2.24) is 10.3 Å². The minimum absolute atomic E-state index is 0.0639. The van der Waals surface area contributed by atoms with Gasteiger partial charge in [-0.3, -0.25) is 4.79 Å². The summed E-state index contributed by atoms with van der Waals surface area (Å²) in [5.74, 6) is 7.63. The Morgan fingerprint density at radius 1 is 1.27 bits per heavy atom. The van der Waals surface area contributed by atoms with Gasteiger partial charge in [0.05, 0.1) is 22.5 Å². The summed E-state index contributed by atoms with van der Waals surface area (Å²) in [6.45, 7) is 4.67. The lowest BCUT2D eigenvalue weighted by Crippen LogP contribution is -2.25. The maximum absolute atomic E-state index is 12.0. The van der Waals surface area contributed by atoms with E-state index < -0.39 is 0 Å². The summed E-state index contributed by atoms with van der Waals surface area (Å²) in [5.41, 5.74) is 1.92. The molecule has 2 aromatic carbocycles. The van der Waals surface area contributed by atoms with Gasteiger partial charge in [0.1, 0.15) is 12.2 Å². The van der Waals surface area contributed by atoms with Crippen molar-refractivity contribution in [2.75, 3.05) is 18.9 Å². The zero-order valence-corrected chi connectivity index (χ0v) is 18.5. The van der Waals surface area contributed by atoms with E-state index in [0.29, 0.717) is 18.0 Å². The van der Waals surface area contributed by atoms with E-state index >= 15 is 0 Å². The van der Waals surface area contributed by atoms with E-state index in [-0.39, 0.29) is 18.1 Å². The molecule has 0 fully saturated rings. The number of fused-ring (bicyclic) bond motifs is 2. The van der Waals surface area contributed by atoms with Crippen molar-refractivity contribution < 1.29 is 14.3 Å². The van der Waals surface area contributed by atoms with E-state index in [1.165, 1.54) is 11.8 Å². The number of thioether (sulfide) groups is 1. The van der Waals surface area contributed by atoms with Gasteiger partial charge in [0.25, 0.3) is 0 Å². The number of nitrogens with zero attached hydrogens (tertiary/aromatic N) is 1. The molecule has 0 saturated carbocycles. The number of carbonyl (C=O) groups is 1. The normalized spacial score (nSPS) is 13.8. The minimum atomic E-state index is -0.207. The lowest BCUT2D eigenvalue weighted by molar-refractivity contribution is -0.118. The predicted octanol–water partition coefficient (Wildman–Crippen LogP) is 4.30. The molecule has 0 bridgehead atoms. The molecule has 1 amide bonds. The zero-order chi connectivity index (χ0) is 21.0. The number of amides is 1. The first-order valence-electron chi connectivity index (χ1n) is 9.65. The number of benzene rings is 2. The average molecular weight is 439 g/mol. The van der Waals surface area contributed by atoms with Gasteiger partial charge in [-0.25, -0.2) is 4.98 Å². The van der Waals surface area contributed by atoms with Crippen LogP contribution in [0, 0.1) is 11.8 Å². The summed E-state index contributed by atoms with van der Waals surface area (Å²) in [6.07, 6.45) is 0.867. The monoisotopic (exact) mass is 438 g/mol. The molecule has 1 N–H and O–H groups in total. The molecule has 0 atom stereocenters. The highest BCUT2D eigenvalue weighted by Crippen LogP contribution is 2.41. The molecular formula is C23H22N2O3S2. The van der Waals surface area contributed by atoms with Crippen LogP contribution in [0.5, 0.6) is 11.5 Å². The Morgan fingerprint density at radius 2 is 2.13 bits per heavy atom. The SMILES string of the molecule is CC1(C)Cc2cccc(OCC#CCNC(=O)CSc3nc4ccccc4s3)c2O1. The molecule has 1 aliphatic heterocycles. The van der Waals surface area contributed by atoms with E-state index in [4.69, 9.17) is 9.47 Å². The molecule has 1 aromatic heterocycles. The van der Waals surface area contributed by atoms with E-state index in [0.717, 1.165) is 32.3 Å². The lowest BCUT2D eigenvalue weighted by atomic mass is 10.0. The summed E-state index contributed by atoms with van der Waals surface area (Å²) >= 11 is 3.04. The fraction of sp³-hybridized carbons (Fsp3) is 0.304. The molecule has 0 saturated heterocycles. The lowest BCUT2D eigenvalue weighted by Gasteiger charge is -2.17. The zero-order valence-electron chi connectivity index (χ0n) is 16.9. The maximum atomic E-state index is 12.0. The second-order valence-corrected chi connectivity index (χ2v) is 9.69. The molecule has 2 heterocycles. The van der Waals surface area contributed by atoms with Gasteiger partial charge < -0.3 is 14.8 Å². The summed E-state index contributed by atoms with van der Waals surface area (Å²) in [4.78, 5) is 16.5. The van der Waals surface area contributed by atoms with Gasteiger partial charge in [-0.05, 0) is 32.0 Å². The van der Waals surface area contributed by atoms with Crippen molar-refractivity contribution >= 4 is 39.2 Å². The van der Waals surface area contributed by atoms with Gasteiger partial charge in [-0.15, -0.1) is 11.3 Å². The van der Waals surface area contributed by atoms with Crippen LogP contribution < -0.4 is 14.8 Å². The van der Waals surface area contributed by atoms with Crippen molar-refractivity contribution in [3.05, 3.63) is 48.0 Å². The fourth-order valence-electron chi connectivity index (χ4n) is 3.16. The minimum Gasteiger partial charge on any atom is -0.483 e. The molecule has 0 radical (unpaired) electrons. The van der Waals surface area contributed by atoms with Crippen LogP contribution in [0.25, 0.3) is 10.2 Å². The maximum Gasteiger partial charge on any atom is 0.231 e. The molecule has 0 spiro atoms. The number of hydrogen-bond acceptors (Lipinski definition) is 6. The van der Waals surface area contributed by atoms with Gasteiger partial charge in [0.15, 0.2) is 15.8 Å². The number of carbonyl (C=O) groups excluding carboxylic acids is 1. The predicted molar refractivity (Wildman–Crippen MR) is 121 cm³/mol. The van der Waals surface area contributed by atoms with Crippen molar-refractivity contribution in [1.29, 1.82) is 0 Å². The quantitative estimate of drug-likeness (QED) is 0.459. The van der Waals surface area contributed by atoms with Crippen LogP contribution in [0.2, 0.25) is 0 Å². The highest BCUT2D eigenvalue weighted by molar-refractivity contribution is 8.01. The first-order chi connectivity index (χ1) is 14.5. The smallest absolute Gasteiger partial charge is 0.231 e. The van der Waals surface area contributed by atoms with Gasteiger partial charge >= 0.3 is 0 Å². The molecule has 3 aromatic rings. The molecule has 5 nitrogen and oxygen atoms in total. The number of aromatic nitrogens is 1. The van der Waals surface area contributed by atoms with Gasteiger partial charge in [0, 0.05) is 12.0 Å². The Labute approximate surface area is 184 Å². The van der Waals surface area contributed by atoms with Crippen LogP contribution >= 0.6 is 23.1 Å². The first kappa shape index (κ1) is 20.6. The molecule has 0 unspecified atom stereocenters. The Hall–Kier alpha value is -2.69. The number of para-hydroxylation sites is 2. The van der Waals surface area contributed by atoms with Gasteiger partial charge in [0.2, 0.25) is 5.91 Å². The van der Waals surface area contributed by atoms with E-state index in [2.05, 4.69) is 42.1 Å². The third-order valence-corrected chi connectivity index (χ3v) is 6.63. The van der Waals surface area contributed by atoms with Crippen LogP contribution in [-0.2, 0) is 11.2 Å². The molecule has 7 heteroatoms. The van der Waals surface area contributed by atoms with Gasteiger partial charge in [-0.2, -0.15) is 0 Å². The van der Waals surface area contributed by atoms with Crippen molar-refractivity contribution in [2.24, 2.45) is 0 Å².